The second-order valence-corrected chi connectivity index (χ2v) is 4.00. The van der Waals surface area contributed by atoms with Crippen LogP contribution in [0.25, 0.3) is 0 Å². The molecule has 0 aliphatic heterocycles. The summed E-state index contributed by atoms with van der Waals surface area (Å²) >= 11 is 0. The first kappa shape index (κ1) is 12.3. The van der Waals surface area contributed by atoms with Crippen molar-refractivity contribution in [3.8, 4) is 0 Å². The molecule has 2 rings (SSSR count). The fraction of sp³-hybridized carbons (Fsp3) is 0.231. The molecule has 0 aliphatic carbocycles. The summed E-state index contributed by atoms with van der Waals surface area (Å²) < 4.78 is 4.62. The third kappa shape index (κ3) is 3.43. The van der Waals surface area contributed by atoms with Crippen LogP contribution in [0.3, 0.4) is 0 Å². The Bertz CT molecular complexity index is 482. The van der Waals surface area contributed by atoms with Gasteiger partial charge in [-0.3, -0.25) is 4.79 Å². The number of carbonyl (C=O) groups excluding carboxylic acids is 1. The molecule has 0 bridgehead atoms. The Morgan fingerprint density at radius 3 is 2.78 bits per heavy atom. The van der Waals surface area contributed by atoms with Gasteiger partial charge < -0.3 is 15.6 Å². The van der Waals surface area contributed by atoms with E-state index in [0.29, 0.717) is 12.2 Å². The third-order valence-electron chi connectivity index (χ3n) is 2.61. The molecule has 0 spiro atoms. The van der Waals surface area contributed by atoms with Crippen LogP contribution in [-0.2, 0) is 11.2 Å². The van der Waals surface area contributed by atoms with E-state index in [1.807, 2.05) is 30.3 Å². The molecule has 5 heteroatoms. The fourth-order valence-corrected chi connectivity index (χ4v) is 1.59. The molecule has 18 heavy (non-hydrogen) atoms. The lowest BCUT2D eigenvalue weighted by Gasteiger charge is -2.10. The molecule has 0 aliphatic rings. The van der Waals surface area contributed by atoms with Gasteiger partial charge in [0.15, 0.2) is 5.82 Å². The van der Waals surface area contributed by atoms with Gasteiger partial charge in [0.1, 0.15) is 6.26 Å². The number of amides is 1. The third-order valence-corrected chi connectivity index (χ3v) is 2.61. The maximum absolute atomic E-state index is 11.7. The van der Waals surface area contributed by atoms with E-state index in [-0.39, 0.29) is 5.91 Å². The second kappa shape index (κ2) is 5.97. The number of nitrogens with zero attached hydrogens (tertiary/aromatic N) is 1. The first-order valence-electron chi connectivity index (χ1n) is 5.76. The van der Waals surface area contributed by atoms with Crippen LogP contribution in [0.15, 0.2) is 47.2 Å². The summed E-state index contributed by atoms with van der Waals surface area (Å²) in [6, 6.07) is 10.9. The summed E-state index contributed by atoms with van der Waals surface area (Å²) in [5, 5.41) is 6.18. The van der Waals surface area contributed by atoms with E-state index in [1.165, 1.54) is 11.8 Å². The van der Waals surface area contributed by atoms with Crippen LogP contribution in [0, 0.1) is 0 Å². The second-order valence-electron chi connectivity index (χ2n) is 4.00. The molecule has 2 aromatic rings. The number of benzene rings is 1. The van der Waals surface area contributed by atoms with Gasteiger partial charge in [-0.2, -0.15) is 0 Å². The summed E-state index contributed by atoms with van der Waals surface area (Å²) in [5.74, 6) is 0.134. The van der Waals surface area contributed by atoms with Gasteiger partial charge in [-0.1, -0.05) is 35.5 Å². The highest BCUT2D eigenvalue weighted by Gasteiger charge is 2.14. The van der Waals surface area contributed by atoms with Crippen LogP contribution in [0.5, 0.6) is 0 Å². The van der Waals surface area contributed by atoms with Gasteiger partial charge in [0, 0.05) is 6.07 Å². The summed E-state index contributed by atoms with van der Waals surface area (Å²) in [7, 11) is 0. The average molecular weight is 245 g/mol. The molecule has 0 radical (unpaired) electrons. The molecule has 5 nitrogen and oxygen atoms in total. The van der Waals surface area contributed by atoms with Crippen LogP contribution >= 0.6 is 0 Å². The quantitative estimate of drug-likeness (QED) is 0.837. The van der Waals surface area contributed by atoms with Crippen LogP contribution in [0.1, 0.15) is 12.0 Å². The molecular formula is C13H15N3O2. The number of aromatic nitrogens is 1. The van der Waals surface area contributed by atoms with Crippen LogP contribution < -0.4 is 11.1 Å². The highest BCUT2D eigenvalue weighted by atomic mass is 16.5. The summed E-state index contributed by atoms with van der Waals surface area (Å²) in [5.41, 5.74) is 6.98. The Balaban J connectivity index is 1.81. The van der Waals surface area contributed by atoms with Gasteiger partial charge in [-0.25, -0.2) is 0 Å². The Morgan fingerprint density at radius 2 is 2.11 bits per heavy atom. The Morgan fingerprint density at radius 1 is 1.33 bits per heavy atom. The first-order chi connectivity index (χ1) is 8.75. The number of nitrogens with one attached hydrogen (secondary N) is 1. The minimum Gasteiger partial charge on any atom is -0.363 e. The van der Waals surface area contributed by atoms with E-state index in [4.69, 9.17) is 5.73 Å². The van der Waals surface area contributed by atoms with E-state index >= 15 is 0 Å². The van der Waals surface area contributed by atoms with Gasteiger partial charge in [0.05, 0.1) is 6.04 Å². The molecule has 1 unspecified atom stereocenters. The molecule has 1 heterocycles. The predicted octanol–water partition coefficient (Wildman–Crippen LogP) is 1.57. The van der Waals surface area contributed by atoms with Gasteiger partial charge in [0.25, 0.3) is 0 Å². The number of rotatable bonds is 5. The standard InChI is InChI=1S/C13H15N3O2/c14-11(7-6-10-4-2-1-3-5-10)13(17)15-12-8-9-18-16-12/h1-5,8-9,11H,6-7,14H2,(H,15,16,17). The highest BCUT2D eigenvalue weighted by molar-refractivity contribution is 5.93. The first-order valence-corrected chi connectivity index (χ1v) is 5.76. The fourth-order valence-electron chi connectivity index (χ4n) is 1.59. The SMILES string of the molecule is NC(CCc1ccccc1)C(=O)Nc1ccon1. The Hall–Kier alpha value is -2.14. The molecule has 1 amide bonds. The van der Waals surface area contributed by atoms with Gasteiger partial charge in [-0.15, -0.1) is 0 Å². The molecule has 0 saturated carbocycles. The van der Waals surface area contributed by atoms with Crippen molar-refractivity contribution in [3.63, 3.8) is 0 Å². The molecular weight excluding hydrogens is 230 g/mol. The van der Waals surface area contributed by atoms with Gasteiger partial charge >= 0.3 is 0 Å². The molecule has 1 aromatic carbocycles. The zero-order valence-electron chi connectivity index (χ0n) is 9.87. The van der Waals surface area contributed by atoms with Crippen molar-refractivity contribution in [1.82, 2.24) is 5.16 Å². The van der Waals surface area contributed by atoms with Crippen molar-refractivity contribution in [2.24, 2.45) is 5.73 Å². The van der Waals surface area contributed by atoms with Crippen molar-refractivity contribution >= 4 is 11.7 Å². The molecule has 1 aromatic heterocycles. The number of aryl methyl sites for hydroxylation is 1. The average Bonchev–Trinajstić information content (AvgIpc) is 2.90. The van der Waals surface area contributed by atoms with Gasteiger partial charge in [0.2, 0.25) is 5.91 Å². The number of hydrogen-bond donors (Lipinski definition) is 2. The number of nitrogens with two attached hydrogens (primary N) is 1. The normalized spacial score (nSPS) is 12.1. The van der Waals surface area contributed by atoms with Crippen molar-refractivity contribution < 1.29 is 9.32 Å². The summed E-state index contributed by atoms with van der Waals surface area (Å²) in [4.78, 5) is 11.7. The van der Waals surface area contributed by atoms with Crippen molar-refractivity contribution in [2.45, 2.75) is 18.9 Å². The van der Waals surface area contributed by atoms with Gasteiger partial charge in [-0.05, 0) is 18.4 Å². The predicted molar refractivity (Wildman–Crippen MR) is 67.9 cm³/mol. The highest BCUT2D eigenvalue weighted by Crippen LogP contribution is 2.06. The Labute approximate surface area is 105 Å². The van der Waals surface area contributed by atoms with Crippen LogP contribution in [0.2, 0.25) is 0 Å². The minimum absolute atomic E-state index is 0.250. The number of anilines is 1. The maximum atomic E-state index is 11.7. The van der Waals surface area contributed by atoms with Crippen molar-refractivity contribution in [3.05, 3.63) is 48.2 Å². The lowest BCUT2D eigenvalue weighted by atomic mass is 10.1. The molecule has 94 valence electrons. The summed E-state index contributed by atoms with van der Waals surface area (Å²) in [6.07, 6.45) is 2.76. The molecule has 1 atom stereocenters. The minimum atomic E-state index is -0.554. The maximum Gasteiger partial charge on any atom is 0.242 e. The van der Waals surface area contributed by atoms with E-state index in [0.717, 1.165) is 6.42 Å². The monoisotopic (exact) mass is 245 g/mol. The molecule has 3 N–H and O–H groups in total. The molecule has 0 fully saturated rings. The van der Waals surface area contributed by atoms with Crippen molar-refractivity contribution in [2.75, 3.05) is 5.32 Å². The smallest absolute Gasteiger partial charge is 0.242 e. The lowest BCUT2D eigenvalue weighted by molar-refractivity contribution is -0.117. The number of carbonyl (C=O) groups is 1. The van der Waals surface area contributed by atoms with E-state index in [9.17, 15) is 4.79 Å². The van der Waals surface area contributed by atoms with Crippen LogP contribution in [0.4, 0.5) is 5.82 Å². The largest absolute Gasteiger partial charge is 0.363 e. The van der Waals surface area contributed by atoms with E-state index in [1.54, 1.807) is 6.07 Å². The topological polar surface area (TPSA) is 81.2 Å². The van der Waals surface area contributed by atoms with Crippen LogP contribution in [-0.4, -0.2) is 17.1 Å². The van der Waals surface area contributed by atoms with Crippen molar-refractivity contribution in [1.29, 1.82) is 0 Å². The Kier molecular flexibility index (Phi) is 4.09. The summed E-state index contributed by atoms with van der Waals surface area (Å²) in [6.45, 7) is 0. The molecule has 0 saturated heterocycles. The zero-order chi connectivity index (χ0) is 12.8. The zero-order valence-corrected chi connectivity index (χ0v) is 9.87. The van der Waals surface area contributed by atoms with E-state index < -0.39 is 6.04 Å². The van der Waals surface area contributed by atoms with E-state index in [2.05, 4.69) is 15.0 Å². The number of hydrogen-bond acceptors (Lipinski definition) is 4. The lowest BCUT2D eigenvalue weighted by Crippen LogP contribution is -2.36.